The van der Waals surface area contributed by atoms with Crippen LogP contribution in [0.25, 0.3) is 0 Å². The van der Waals surface area contributed by atoms with Gasteiger partial charge in [-0.1, -0.05) is 23.3 Å². The third kappa shape index (κ3) is 5.20. The molecule has 0 radical (unpaired) electrons. The summed E-state index contributed by atoms with van der Waals surface area (Å²) in [5, 5.41) is 6.65. The van der Waals surface area contributed by atoms with E-state index in [0.29, 0.717) is 19.1 Å². The van der Waals surface area contributed by atoms with Gasteiger partial charge in [-0.3, -0.25) is 4.79 Å². The number of nitrogens with one attached hydrogen (secondary N) is 2. The van der Waals surface area contributed by atoms with Crippen molar-refractivity contribution >= 4 is 5.91 Å². The largest absolute Gasteiger partial charge is 0.352 e. The normalized spacial score (nSPS) is 33.4. The highest BCUT2D eigenvalue weighted by Crippen LogP contribution is 2.53. The fourth-order valence-corrected chi connectivity index (χ4v) is 5.56. The molecular formula is C22H36N2O. The first kappa shape index (κ1) is 18.7. The number of carbonyl (C=O) groups is 1. The molecule has 0 saturated heterocycles. The summed E-state index contributed by atoms with van der Waals surface area (Å²) >= 11 is 0. The molecule has 25 heavy (non-hydrogen) atoms. The predicted octanol–water partition coefficient (Wildman–Crippen LogP) is 4.21. The zero-order chi connectivity index (χ0) is 17.8. The van der Waals surface area contributed by atoms with Crippen LogP contribution in [0.2, 0.25) is 0 Å². The molecule has 1 amide bonds. The minimum absolute atomic E-state index is 0.141. The quantitative estimate of drug-likeness (QED) is 0.648. The Hall–Kier alpha value is -1.09. The number of amides is 1. The van der Waals surface area contributed by atoms with Crippen LogP contribution in [0.3, 0.4) is 0 Å². The molecule has 4 saturated carbocycles. The number of hydrogen-bond donors (Lipinski definition) is 2. The lowest BCUT2D eigenvalue weighted by molar-refractivity contribution is -0.120. The lowest BCUT2D eigenvalue weighted by Crippen LogP contribution is -2.56. The molecule has 4 aliphatic rings. The van der Waals surface area contributed by atoms with Gasteiger partial charge in [0.15, 0.2) is 0 Å². The molecule has 4 bridgehead atoms. The molecule has 140 valence electrons. The van der Waals surface area contributed by atoms with Gasteiger partial charge in [-0.15, -0.1) is 0 Å². The van der Waals surface area contributed by atoms with Crippen LogP contribution in [0.15, 0.2) is 23.3 Å². The molecule has 4 aliphatic carbocycles. The Balaban J connectivity index is 1.34. The molecule has 4 fully saturated rings. The van der Waals surface area contributed by atoms with Gasteiger partial charge in [-0.25, -0.2) is 0 Å². The average Bonchev–Trinajstić information content (AvgIpc) is 2.53. The van der Waals surface area contributed by atoms with Gasteiger partial charge < -0.3 is 10.6 Å². The van der Waals surface area contributed by atoms with E-state index in [1.807, 2.05) is 0 Å². The van der Waals surface area contributed by atoms with Crippen molar-refractivity contribution in [2.24, 2.45) is 23.7 Å². The summed E-state index contributed by atoms with van der Waals surface area (Å²) in [5.74, 6) is 3.80. The van der Waals surface area contributed by atoms with Crippen LogP contribution >= 0.6 is 0 Å². The number of allylic oxidation sites excluding steroid dienone is 3. The highest BCUT2D eigenvalue weighted by molar-refractivity contribution is 5.78. The second-order valence-electron chi connectivity index (χ2n) is 9.01. The Morgan fingerprint density at radius 2 is 1.60 bits per heavy atom. The van der Waals surface area contributed by atoms with Gasteiger partial charge in [0.05, 0.1) is 6.54 Å². The van der Waals surface area contributed by atoms with E-state index in [0.717, 1.165) is 36.5 Å². The SMILES string of the molecule is CC(C)=CCC/C(C)=C/CNC(=O)CNC1C2CC3CC(C2)CC1C3. The van der Waals surface area contributed by atoms with E-state index in [-0.39, 0.29) is 5.91 Å². The van der Waals surface area contributed by atoms with Crippen molar-refractivity contribution in [3.63, 3.8) is 0 Å². The van der Waals surface area contributed by atoms with E-state index in [4.69, 9.17) is 0 Å². The van der Waals surface area contributed by atoms with Crippen molar-refractivity contribution in [1.29, 1.82) is 0 Å². The minimum Gasteiger partial charge on any atom is -0.352 e. The molecule has 2 N–H and O–H groups in total. The molecular weight excluding hydrogens is 308 g/mol. The molecule has 0 aliphatic heterocycles. The van der Waals surface area contributed by atoms with E-state index in [1.54, 1.807) is 0 Å². The summed E-state index contributed by atoms with van der Waals surface area (Å²) in [6, 6.07) is 0.597. The minimum atomic E-state index is 0.141. The van der Waals surface area contributed by atoms with E-state index in [2.05, 4.69) is 43.6 Å². The Morgan fingerprint density at radius 1 is 0.960 bits per heavy atom. The van der Waals surface area contributed by atoms with Gasteiger partial charge in [0, 0.05) is 12.6 Å². The molecule has 0 atom stereocenters. The average molecular weight is 345 g/mol. The van der Waals surface area contributed by atoms with E-state index < -0.39 is 0 Å². The summed E-state index contributed by atoms with van der Waals surface area (Å²) in [6.45, 7) is 7.56. The zero-order valence-electron chi connectivity index (χ0n) is 16.3. The summed E-state index contributed by atoms with van der Waals surface area (Å²) < 4.78 is 0. The summed E-state index contributed by atoms with van der Waals surface area (Å²) in [7, 11) is 0. The topological polar surface area (TPSA) is 41.1 Å². The first-order valence-electron chi connectivity index (χ1n) is 10.3. The molecule has 0 aromatic rings. The summed E-state index contributed by atoms with van der Waals surface area (Å²) in [5.41, 5.74) is 2.73. The van der Waals surface area contributed by atoms with Crippen LogP contribution < -0.4 is 10.6 Å². The van der Waals surface area contributed by atoms with Gasteiger partial charge in [-0.2, -0.15) is 0 Å². The second-order valence-corrected chi connectivity index (χ2v) is 9.01. The highest BCUT2D eigenvalue weighted by atomic mass is 16.1. The van der Waals surface area contributed by atoms with E-state index in [9.17, 15) is 4.79 Å². The third-order valence-corrected chi connectivity index (χ3v) is 6.57. The van der Waals surface area contributed by atoms with Gasteiger partial charge in [0.1, 0.15) is 0 Å². The van der Waals surface area contributed by atoms with E-state index in [1.165, 1.54) is 43.3 Å². The molecule has 3 heteroatoms. The first-order chi connectivity index (χ1) is 12.0. The van der Waals surface area contributed by atoms with Gasteiger partial charge >= 0.3 is 0 Å². The third-order valence-electron chi connectivity index (χ3n) is 6.57. The molecule has 3 nitrogen and oxygen atoms in total. The van der Waals surface area contributed by atoms with Crippen molar-refractivity contribution in [3.05, 3.63) is 23.3 Å². The zero-order valence-corrected chi connectivity index (χ0v) is 16.3. The van der Waals surface area contributed by atoms with E-state index >= 15 is 0 Å². The fraction of sp³-hybridized carbons (Fsp3) is 0.773. The Bertz CT molecular complexity index is 502. The van der Waals surface area contributed by atoms with Crippen LogP contribution in [0.4, 0.5) is 0 Å². The van der Waals surface area contributed by atoms with Crippen molar-refractivity contribution in [3.8, 4) is 0 Å². The van der Waals surface area contributed by atoms with Crippen LogP contribution in [0, 0.1) is 23.7 Å². The molecule has 0 heterocycles. The first-order valence-corrected chi connectivity index (χ1v) is 10.3. The van der Waals surface area contributed by atoms with Crippen LogP contribution in [-0.2, 0) is 4.79 Å². The standard InChI is InChI=1S/C22H36N2O/c1-15(2)5-4-6-16(3)7-8-23-21(25)14-24-22-19-10-17-9-18(12-19)13-20(22)11-17/h5,7,17-20,22,24H,4,6,8-14H2,1-3H3,(H,23,25)/b16-7+. The molecule has 0 unspecified atom stereocenters. The second kappa shape index (κ2) is 8.53. The lowest BCUT2D eigenvalue weighted by atomic mass is 9.54. The smallest absolute Gasteiger partial charge is 0.234 e. The van der Waals surface area contributed by atoms with Gasteiger partial charge in [-0.05, 0) is 89.4 Å². The van der Waals surface area contributed by atoms with Crippen molar-refractivity contribution < 1.29 is 4.79 Å². The number of carbonyl (C=O) groups excluding carboxylic acids is 1. The van der Waals surface area contributed by atoms with Crippen LogP contribution in [0.1, 0.15) is 65.7 Å². The monoisotopic (exact) mass is 344 g/mol. The maximum absolute atomic E-state index is 12.2. The molecule has 0 aromatic heterocycles. The Labute approximate surface area is 153 Å². The Morgan fingerprint density at radius 3 is 2.20 bits per heavy atom. The molecule has 4 rings (SSSR count). The van der Waals surface area contributed by atoms with Crippen LogP contribution in [0.5, 0.6) is 0 Å². The molecule has 0 spiro atoms. The van der Waals surface area contributed by atoms with Crippen molar-refractivity contribution in [2.45, 2.75) is 71.8 Å². The number of rotatable bonds is 8. The summed E-state index contributed by atoms with van der Waals surface area (Å²) in [6.07, 6.45) is 13.7. The molecule has 0 aromatic carbocycles. The van der Waals surface area contributed by atoms with Gasteiger partial charge in [0.2, 0.25) is 5.91 Å². The predicted molar refractivity (Wildman–Crippen MR) is 104 cm³/mol. The summed E-state index contributed by atoms with van der Waals surface area (Å²) in [4.78, 5) is 12.2. The highest BCUT2D eigenvalue weighted by Gasteiger charge is 2.47. The van der Waals surface area contributed by atoms with Crippen molar-refractivity contribution in [1.82, 2.24) is 10.6 Å². The number of hydrogen-bond acceptors (Lipinski definition) is 2. The van der Waals surface area contributed by atoms with Crippen molar-refractivity contribution in [2.75, 3.05) is 13.1 Å². The fourth-order valence-electron chi connectivity index (χ4n) is 5.56. The van der Waals surface area contributed by atoms with Gasteiger partial charge in [0.25, 0.3) is 0 Å². The lowest BCUT2D eigenvalue weighted by Gasteiger charge is -2.54. The van der Waals surface area contributed by atoms with Crippen LogP contribution in [-0.4, -0.2) is 25.0 Å². The maximum atomic E-state index is 12.2. The Kier molecular flexibility index (Phi) is 6.38. The maximum Gasteiger partial charge on any atom is 0.234 e.